The number of likely N-dealkylation sites (N-methyl/N-ethyl adjacent to an activating group) is 2. The summed E-state index contributed by atoms with van der Waals surface area (Å²) in [5.41, 5.74) is 1.20. The quantitative estimate of drug-likeness (QED) is 0.820. The molecule has 26 heavy (non-hydrogen) atoms. The van der Waals surface area contributed by atoms with E-state index in [-0.39, 0.29) is 18.3 Å². The molecule has 1 aromatic carbocycles. The van der Waals surface area contributed by atoms with Gasteiger partial charge in [0.25, 0.3) is 0 Å². The number of rotatable bonds is 7. The minimum atomic E-state index is -0.321. The minimum Gasteiger partial charge on any atom is -0.359 e. The number of carbonyl (C=O) groups excluding carboxylic acids is 1. The molecule has 1 N–H and O–H groups in total. The van der Waals surface area contributed by atoms with Crippen LogP contribution in [-0.4, -0.2) is 60.6 Å². The number of aromatic nitrogens is 1. The molecule has 0 radical (unpaired) electrons. The summed E-state index contributed by atoms with van der Waals surface area (Å²) < 4.78 is 18.5. The van der Waals surface area contributed by atoms with Crippen LogP contribution in [0.25, 0.3) is 11.3 Å². The molecule has 7 heteroatoms. The van der Waals surface area contributed by atoms with Crippen molar-refractivity contribution in [2.24, 2.45) is 0 Å². The molecule has 0 aliphatic carbocycles. The second-order valence-electron chi connectivity index (χ2n) is 6.90. The lowest BCUT2D eigenvalue weighted by Gasteiger charge is -2.23. The monoisotopic (exact) mass is 360 g/mol. The molecule has 6 nitrogen and oxygen atoms in total. The number of nitrogens with one attached hydrogen (secondary N) is 1. The van der Waals surface area contributed by atoms with Gasteiger partial charge in [0.2, 0.25) is 5.91 Å². The lowest BCUT2D eigenvalue weighted by molar-refractivity contribution is -0.121. The Kier molecular flexibility index (Phi) is 6.00. The molecule has 140 valence electrons. The summed E-state index contributed by atoms with van der Waals surface area (Å²) in [5, 5.41) is 6.78. The zero-order valence-electron chi connectivity index (χ0n) is 15.2. The molecule has 1 atom stereocenters. The fourth-order valence-corrected chi connectivity index (χ4v) is 3.19. The molecule has 3 rings (SSSR count). The number of halogens is 1. The van der Waals surface area contributed by atoms with Crippen LogP contribution in [0.5, 0.6) is 0 Å². The molecule has 2 heterocycles. The molecular formula is C19H25FN4O2. The van der Waals surface area contributed by atoms with E-state index < -0.39 is 0 Å². The molecule has 1 aliphatic heterocycles. The third kappa shape index (κ3) is 4.89. The van der Waals surface area contributed by atoms with E-state index in [1.54, 1.807) is 18.2 Å². The van der Waals surface area contributed by atoms with Crippen molar-refractivity contribution in [2.75, 3.05) is 33.7 Å². The highest BCUT2D eigenvalue weighted by Crippen LogP contribution is 2.19. The molecule has 1 aromatic heterocycles. The van der Waals surface area contributed by atoms with Gasteiger partial charge in [-0.1, -0.05) is 17.3 Å². The van der Waals surface area contributed by atoms with Crippen molar-refractivity contribution in [3.05, 3.63) is 41.9 Å². The third-order valence-electron chi connectivity index (χ3n) is 4.82. The number of likely N-dealkylation sites (tertiary alicyclic amines) is 1. The summed E-state index contributed by atoms with van der Waals surface area (Å²) in [6, 6.07) is 8.41. The van der Waals surface area contributed by atoms with Gasteiger partial charge in [-0.3, -0.25) is 4.79 Å². The highest BCUT2D eigenvalue weighted by atomic mass is 19.1. The van der Waals surface area contributed by atoms with Gasteiger partial charge in [0, 0.05) is 37.2 Å². The van der Waals surface area contributed by atoms with Crippen LogP contribution in [0.3, 0.4) is 0 Å². The van der Waals surface area contributed by atoms with Crippen LogP contribution in [0, 0.1) is 5.82 Å². The fourth-order valence-electron chi connectivity index (χ4n) is 3.19. The maximum Gasteiger partial charge on any atom is 0.221 e. The maximum atomic E-state index is 13.3. The summed E-state index contributed by atoms with van der Waals surface area (Å²) in [6.07, 6.45) is 1.59. The van der Waals surface area contributed by atoms with Crippen molar-refractivity contribution in [1.29, 1.82) is 0 Å². The van der Waals surface area contributed by atoms with Gasteiger partial charge in [0.05, 0.1) is 6.54 Å². The Balaban J connectivity index is 1.43. The maximum absolute atomic E-state index is 13.3. The summed E-state index contributed by atoms with van der Waals surface area (Å²) in [5.74, 6) is 0.202. The average molecular weight is 360 g/mol. The summed E-state index contributed by atoms with van der Waals surface area (Å²) in [7, 11) is 4.19. The largest absolute Gasteiger partial charge is 0.359 e. The van der Waals surface area contributed by atoms with Crippen LogP contribution < -0.4 is 5.32 Å². The predicted molar refractivity (Wildman–Crippen MR) is 96.9 cm³/mol. The van der Waals surface area contributed by atoms with E-state index in [9.17, 15) is 9.18 Å². The van der Waals surface area contributed by atoms with Crippen molar-refractivity contribution < 1.29 is 13.7 Å². The molecule has 0 saturated carbocycles. The number of hydrogen-bond donors (Lipinski definition) is 1. The van der Waals surface area contributed by atoms with E-state index in [1.807, 2.05) is 0 Å². The van der Waals surface area contributed by atoms with E-state index in [2.05, 4.69) is 34.4 Å². The molecule has 1 amide bonds. The third-order valence-corrected chi connectivity index (χ3v) is 4.82. The Morgan fingerprint density at radius 2 is 2.31 bits per heavy atom. The van der Waals surface area contributed by atoms with Crippen LogP contribution in [0.15, 0.2) is 34.9 Å². The van der Waals surface area contributed by atoms with Gasteiger partial charge in [0.15, 0.2) is 5.76 Å². The zero-order chi connectivity index (χ0) is 18.5. The number of hydrogen-bond acceptors (Lipinski definition) is 5. The topological polar surface area (TPSA) is 61.6 Å². The number of nitrogens with zero attached hydrogens (tertiary/aromatic N) is 3. The smallest absolute Gasteiger partial charge is 0.221 e. The highest BCUT2D eigenvalue weighted by molar-refractivity contribution is 5.76. The van der Waals surface area contributed by atoms with Crippen LogP contribution in [-0.2, 0) is 11.3 Å². The van der Waals surface area contributed by atoms with Crippen molar-refractivity contribution in [3.8, 4) is 11.3 Å². The van der Waals surface area contributed by atoms with Gasteiger partial charge in [-0.15, -0.1) is 0 Å². The lowest BCUT2D eigenvalue weighted by Crippen LogP contribution is -2.36. The highest BCUT2D eigenvalue weighted by Gasteiger charge is 2.23. The Hall–Kier alpha value is -2.25. The van der Waals surface area contributed by atoms with Gasteiger partial charge >= 0.3 is 0 Å². The van der Waals surface area contributed by atoms with E-state index in [1.165, 1.54) is 12.1 Å². The Labute approximate surface area is 152 Å². The van der Waals surface area contributed by atoms with Crippen molar-refractivity contribution in [2.45, 2.75) is 25.4 Å². The van der Waals surface area contributed by atoms with Crippen molar-refractivity contribution in [1.82, 2.24) is 20.3 Å². The summed E-state index contributed by atoms with van der Waals surface area (Å²) in [4.78, 5) is 16.6. The molecular weight excluding hydrogens is 335 g/mol. The molecule has 0 spiro atoms. The minimum absolute atomic E-state index is 0.0214. The Bertz CT molecular complexity index is 749. The second-order valence-corrected chi connectivity index (χ2v) is 6.90. The van der Waals surface area contributed by atoms with Gasteiger partial charge in [-0.25, -0.2) is 4.39 Å². The Morgan fingerprint density at radius 1 is 1.46 bits per heavy atom. The van der Waals surface area contributed by atoms with E-state index >= 15 is 0 Å². The van der Waals surface area contributed by atoms with Gasteiger partial charge in [0.1, 0.15) is 11.5 Å². The number of amides is 1. The molecule has 1 saturated heterocycles. The van der Waals surface area contributed by atoms with E-state index in [4.69, 9.17) is 4.52 Å². The first-order valence-electron chi connectivity index (χ1n) is 8.88. The molecule has 0 unspecified atom stereocenters. The van der Waals surface area contributed by atoms with E-state index in [0.717, 1.165) is 26.1 Å². The first-order valence-corrected chi connectivity index (χ1v) is 8.88. The first-order chi connectivity index (χ1) is 12.5. The van der Waals surface area contributed by atoms with Crippen LogP contribution in [0.1, 0.15) is 18.6 Å². The number of carbonyl (C=O) groups is 1. The SMILES string of the molecule is CN1CC[C@@H](N(C)CCC(=O)NCc2cc(-c3cccc(F)c3)no2)C1. The molecule has 1 fully saturated rings. The summed E-state index contributed by atoms with van der Waals surface area (Å²) >= 11 is 0. The molecule has 2 aromatic rings. The molecule has 1 aliphatic rings. The normalized spacial score (nSPS) is 17.8. The molecule has 0 bridgehead atoms. The standard InChI is InChI=1S/C19H25FN4O2/c1-23-8-6-16(13-23)24(2)9-7-19(25)21-12-17-11-18(22-26-17)14-4-3-5-15(20)10-14/h3-5,10-11,16H,6-9,12-13H2,1-2H3,(H,21,25)/t16-/m1/s1. The van der Waals surface area contributed by atoms with Crippen molar-refractivity contribution in [3.63, 3.8) is 0 Å². The predicted octanol–water partition coefficient (Wildman–Crippen LogP) is 2.12. The fraction of sp³-hybridized carbons (Fsp3) is 0.474. The average Bonchev–Trinajstić information content (AvgIpc) is 3.27. The van der Waals surface area contributed by atoms with Crippen LogP contribution in [0.2, 0.25) is 0 Å². The van der Waals surface area contributed by atoms with Gasteiger partial charge in [-0.05, 0) is 39.2 Å². The first kappa shape index (κ1) is 18.5. The van der Waals surface area contributed by atoms with E-state index in [0.29, 0.717) is 29.5 Å². The number of benzene rings is 1. The van der Waals surface area contributed by atoms with Gasteiger partial charge in [-0.2, -0.15) is 0 Å². The van der Waals surface area contributed by atoms with Crippen LogP contribution in [0.4, 0.5) is 4.39 Å². The lowest BCUT2D eigenvalue weighted by atomic mass is 10.1. The zero-order valence-corrected chi connectivity index (χ0v) is 15.2. The van der Waals surface area contributed by atoms with Crippen LogP contribution >= 0.6 is 0 Å². The second kappa shape index (κ2) is 8.42. The summed E-state index contributed by atoms with van der Waals surface area (Å²) in [6.45, 7) is 3.17. The Morgan fingerprint density at radius 3 is 3.04 bits per heavy atom. The van der Waals surface area contributed by atoms with Crippen molar-refractivity contribution >= 4 is 5.91 Å². The van der Waals surface area contributed by atoms with Gasteiger partial charge < -0.3 is 19.6 Å².